The Morgan fingerprint density at radius 2 is 1.93 bits per heavy atom. The number of aromatic nitrogens is 4. The second-order valence-corrected chi connectivity index (χ2v) is 12.9. The fraction of sp³-hybridized carbons (Fsp3) is 0.581. The summed E-state index contributed by atoms with van der Waals surface area (Å²) in [4.78, 5) is 55.9. The van der Waals surface area contributed by atoms with E-state index in [2.05, 4.69) is 26.0 Å². The van der Waals surface area contributed by atoms with E-state index in [1.54, 1.807) is 20.8 Å². The topological polar surface area (TPSA) is 169 Å². The van der Waals surface area contributed by atoms with E-state index in [-0.39, 0.29) is 25.3 Å². The minimum atomic E-state index is -1.41. The Morgan fingerprint density at radius 3 is 2.66 bits per heavy atom. The summed E-state index contributed by atoms with van der Waals surface area (Å²) >= 11 is 0. The maximum atomic E-state index is 14.1. The monoisotopic (exact) mass is 607 g/mol. The van der Waals surface area contributed by atoms with Crippen molar-refractivity contribution in [3.63, 3.8) is 0 Å². The molecule has 1 aromatic heterocycles. The number of allylic oxidation sites excluding steroid dienone is 1. The van der Waals surface area contributed by atoms with E-state index >= 15 is 0 Å². The largest absolute Gasteiger partial charge is 0.479 e. The molecule has 5 atom stereocenters. The van der Waals surface area contributed by atoms with Crippen molar-refractivity contribution in [1.82, 2.24) is 35.7 Å². The lowest BCUT2D eigenvalue weighted by Crippen LogP contribution is -2.56. The SMILES string of the molecule is CC(C)(C)OC(=O)N[C@H]1CCCCC/C=C\C2C[C@@]2(C(=O)O)NC(=O)[C@@H]2C[C@@H](c3nnn(Cc4ccccc4)n3)CN2C1=O. The number of carboxylic acids is 1. The van der Waals surface area contributed by atoms with Gasteiger partial charge in [-0.2, -0.15) is 4.80 Å². The molecule has 2 fully saturated rings. The Labute approximate surface area is 256 Å². The van der Waals surface area contributed by atoms with E-state index in [0.717, 1.165) is 24.8 Å². The Hall–Kier alpha value is -4.29. The van der Waals surface area contributed by atoms with Crippen LogP contribution in [0, 0.1) is 5.92 Å². The van der Waals surface area contributed by atoms with Crippen molar-refractivity contribution in [2.75, 3.05) is 6.54 Å². The maximum Gasteiger partial charge on any atom is 0.408 e. The van der Waals surface area contributed by atoms with Crippen LogP contribution in [0.3, 0.4) is 0 Å². The molecule has 13 heteroatoms. The predicted molar refractivity (Wildman–Crippen MR) is 158 cm³/mol. The lowest BCUT2D eigenvalue weighted by molar-refractivity contribution is -0.145. The highest BCUT2D eigenvalue weighted by molar-refractivity contribution is 5.96. The summed E-state index contributed by atoms with van der Waals surface area (Å²) in [6.45, 7) is 5.75. The molecule has 2 aromatic rings. The number of rotatable bonds is 5. The van der Waals surface area contributed by atoms with Gasteiger partial charge in [0.25, 0.3) is 0 Å². The number of hydrogen-bond donors (Lipinski definition) is 3. The van der Waals surface area contributed by atoms with Crippen molar-refractivity contribution >= 4 is 23.9 Å². The molecule has 3 heterocycles. The summed E-state index contributed by atoms with van der Waals surface area (Å²) in [5.41, 5.74) is -1.18. The van der Waals surface area contributed by atoms with Crippen molar-refractivity contribution in [1.29, 1.82) is 0 Å². The first-order chi connectivity index (χ1) is 20.9. The van der Waals surface area contributed by atoms with Gasteiger partial charge in [0.15, 0.2) is 5.82 Å². The quantitative estimate of drug-likeness (QED) is 0.433. The molecule has 3 N–H and O–H groups in total. The van der Waals surface area contributed by atoms with Gasteiger partial charge in [-0.3, -0.25) is 9.59 Å². The van der Waals surface area contributed by atoms with E-state index < -0.39 is 53.0 Å². The van der Waals surface area contributed by atoms with Gasteiger partial charge in [0.2, 0.25) is 11.8 Å². The zero-order valence-corrected chi connectivity index (χ0v) is 25.4. The van der Waals surface area contributed by atoms with Gasteiger partial charge >= 0.3 is 12.1 Å². The third-order valence-electron chi connectivity index (χ3n) is 8.35. The summed E-state index contributed by atoms with van der Waals surface area (Å²) in [7, 11) is 0. The summed E-state index contributed by atoms with van der Waals surface area (Å²) in [5, 5.41) is 28.5. The van der Waals surface area contributed by atoms with Crippen molar-refractivity contribution in [3.05, 3.63) is 53.9 Å². The van der Waals surface area contributed by atoms with Gasteiger partial charge in [-0.25, -0.2) is 9.59 Å². The molecular formula is C31H41N7O6. The number of ether oxygens (including phenoxy) is 1. The summed E-state index contributed by atoms with van der Waals surface area (Å²) in [6, 6.07) is 7.76. The van der Waals surface area contributed by atoms with Crippen LogP contribution in [0.2, 0.25) is 0 Å². The molecule has 3 aliphatic rings. The number of aliphatic carboxylic acids is 1. The third-order valence-corrected chi connectivity index (χ3v) is 8.35. The molecule has 0 spiro atoms. The predicted octanol–water partition coefficient (Wildman–Crippen LogP) is 2.78. The van der Waals surface area contributed by atoms with Gasteiger partial charge in [-0.05, 0) is 63.7 Å². The summed E-state index contributed by atoms with van der Waals surface area (Å²) < 4.78 is 5.44. The second-order valence-electron chi connectivity index (χ2n) is 12.9. The smallest absolute Gasteiger partial charge is 0.408 e. The van der Waals surface area contributed by atoms with Gasteiger partial charge in [-0.1, -0.05) is 55.3 Å². The number of benzene rings is 1. The number of amides is 3. The zero-order valence-electron chi connectivity index (χ0n) is 25.4. The highest BCUT2D eigenvalue weighted by Gasteiger charge is 2.61. The number of nitrogens with zero attached hydrogens (tertiary/aromatic N) is 5. The molecule has 0 radical (unpaired) electrons. The van der Waals surface area contributed by atoms with Crippen LogP contribution in [0.25, 0.3) is 0 Å². The number of tetrazole rings is 1. The molecular weight excluding hydrogens is 566 g/mol. The average Bonchev–Trinajstić information content (AvgIpc) is 3.27. The minimum Gasteiger partial charge on any atom is -0.479 e. The van der Waals surface area contributed by atoms with Crippen LogP contribution in [-0.4, -0.2) is 83.9 Å². The number of carbonyl (C=O) groups excluding carboxylic acids is 3. The number of carbonyl (C=O) groups is 4. The fourth-order valence-electron chi connectivity index (χ4n) is 5.97. The number of alkyl carbamates (subject to hydrolysis) is 1. The van der Waals surface area contributed by atoms with Crippen LogP contribution in [0.4, 0.5) is 4.79 Å². The van der Waals surface area contributed by atoms with Gasteiger partial charge in [0.05, 0.1) is 6.54 Å². The lowest BCUT2D eigenvalue weighted by Gasteiger charge is -2.30. The third kappa shape index (κ3) is 7.25. The first-order valence-corrected chi connectivity index (χ1v) is 15.3. The molecule has 1 saturated carbocycles. The van der Waals surface area contributed by atoms with Crippen LogP contribution in [0.5, 0.6) is 0 Å². The Morgan fingerprint density at radius 1 is 1.16 bits per heavy atom. The van der Waals surface area contributed by atoms with Crippen LogP contribution < -0.4 is 10.6 Å². The second kappa shape index (κ2) is 12.7. The standard InChI is InChI=1S/C31H41N7O6/c1-30(2,3)44-29(43)32-23-15-11-6-4-5-10-14-22-17-31(22,28(41)42)33-26(39)24-16-21(19-37(24)27(23)40)25-34-36-38(35-25)18-20-12-8-7-9-13-20/h7-10,12-14,21-24H,4-6,11,15-19H2,1-3H3,(H,32,43)(H,33,39)(H,41,42)/b14-10-/t21-,22?,23+,24+,31-/m1/s1. The first kappa shape index (κ1) is 31.1. The molecule has 236 valence electrons. The van der Waals surface area contributed by atoms with Crippen LogP contribution in [0.15, 0.2) is 42.5 Å². The van der Waals surface area contributed by atoms with Gasteiger partial charge in [-0.15, -0.1) is 10.2 Å². The van der Waals surface area contributed by atoms with E-state index in [9.17, 15) is 24.3 Å². The molecule has 1 saturated heterocycles. The van der Waals surface area contributed by atoms with Crippen LogP contribution in [0.1, 0.15) is 83.0 Å². The van der Waals surface area contributed by atoms with E-state index in [0.29, 0.717) is 25.2 Å². The number of fused-ring (bicyclic) bond motifs is 2. The molecule has 1 unspecified atom stereocenters. The highest BCUT2D eigenvalue weighted by Crippen LogP contribution is 2.45. The zero-order chi connectivity index (χ0) is 31.5. The van der Waals surface area contributed by atoms with Crippen LogP contribution >= 0.6 is 0 Å². The minimum absolute atomic E-state index is 0.115. The van der Waals surface area contributed by atoms with E-state index in [4.69, 9.17) is 4.74 Å². The normalized spacial score (nSPS) is 28.5. The van der Waals surface area contributed by atoms with Gasteiger partial charge in [0, 0.05) is 18.4 Å². The Bertz CT molecular complexity index is 1400. The average molecular weight is 608 g/mol. The van der Waals surface area contributed by atoms with Crippen molar-refractivity contribution in [3.8, 4) is 0 Å². The van der Waals surface area contributed by atoms with Gasteiger partial charge in [0.1, 0.15) is 23.2 Å². The van der Waals surface area contributed by atoms with E-state index in [1.165, 1.54) is 9.70 Å². The fourth-order valence-corrected chi connectivity index (χ4v) is 5.97. The van der Waals surface area contributed by atoms with Crippen molar-refractivity contribution in [2.45, 2.75) is 101 Å². The molecule has 1 aliphatic carbocycles. The van der Waals surface area contributed by atoms with Crippen LogP contribution in [-0.2, 0) is 25.7 Å². The number of carboxylic acid groups (broad SMARTS) is 1. The molecule has 1 aromatic carbocycles. The van der Waals surface area contributed by atoms with E-state index in [1.807, 2.05) is 42.5 Å². The molecule has 5 rings (SSSR count). The van der Waals surface area contributed by atoms with Crippen molar-refractivity contribution < 1.29 is 29.0 Å². The van der Waals surface area contributed by atoms with Crippen molar-refractivity contribution in [2.24, 2.45) is 5.92 Å². The molecule has 13 nitrogen and oxygen atoms in total. The number of hydrogen-bond acceptors (Lipinski definition) is 8. The maximum absolute atomic E-state index is 14.1. The molecule has 2 aliphatic heterocycles. The highest BCUT2D eigenvalue weighted by atomic mass is 16.6. The summed E-state index contributed by atoms with van der Waals surface area (Å²) in [5.74, 6) is -2.44. The molecule has 3 amide bonds. The molecule has 0 bridgehead atoms. The lowest BCUT2D eigenvalue weighted by atomic mass is 10.0. The van der Waals surface area contributed by atoms with Gasteiger partial charge < -0.3 is 25.4 Å². The molecule has 44 heavy (non-hydrogen) atoms. The summed E-state index contributed by atoms with van der Waals surface area (Å²) in [6.07, 6.45) is 7.05. The Balaban J connectivity index is 1.41. The Kier molecular flexibility index (Phi) is 9.02. The number of nitrogens with one attached hydrogen (secondary N) is 2. The first-order valence-electron chi connectivity index (χ1n) is 15.3.